The zero-order valence-corrected chi connectivity index (χ0v) is 11.1. The number of aliphatic hydroxyl groups is 1. The van der Waals surface area contributed by atoms with E-state index in [4.69, 9.17) is 9.84 Å². The molecule has 0 aromatic carbocycles. The van der Waals surface area contributed by atoms with Gasteiger partial charge < -0.3 is 15.2 Å². The lowest BCUT2D eigenvalue weighted by atomic mass is 10.0. The first kappa shape index (κ1) is 13.1. The van der Waals surface area contributed by atoms with Gasteiger partial charge in [-0.3, -0.25) is 0 Å². The van der Waals surface area contributed by atoms with Crippen LogP contribution >= 0.6 is 0 Å². The number of aliphatic hydroxyl groups excluding tert-OH is 1. The summed E-state index contributed by atoms with van der Waals surface area (Å²) >= 11 is 0. The van der Waals surface area contributed by atoms with E-state index in [9.17, 15) is 0 Å². The van der Waals surface area contributed by atoms with Crippen molar-refractivity contribution >= 4 is 5.82 Å². The van der Waals surface area contributed by atoms with E-state index in [1.165, 1.54) is 12.8 Å². The zero-order valence-electron chi connectivity index (χ0n) is 11.1. The van der Waals surface area contributed by atoms with E-state index < -0.39 is 0 Å². The zero-order chi connectivity index (χ0) is 13.0. The predicted molar refractivity (Wildman–Crippen MR) is 71.9 cm³/mol. The van der Waals surface area contributed by atoms with Crippen molar-refractivity contribution in [2.24, 2.45) is 5.41 Å². The van der Waals surface area contributed by atoms with Crippen LogP contribution in [0.15, 0.2) is 18.3 Å². The van der Waals surface area contributed by atoms with Gasteiger partial charge in [-0.15, -0.1) is 0 Å². The van der Waals surface area contributed by atoms with Gasteiger partial charge in [0.2, 0.25) is 0 Å². The monoisotopic (exact) mass is 250 g/mol. The average molecular weight is 250 g/mol. The second-order valence-corrected chi connectivity index (χ2v) is 5.34. The van der Waals surface area contributed by atoms with Crippen molar-refractivity contribution in [3.63, 3.8) is 0 Å². The topological polar surface area (TPSA) is 54.4 Å². The van der Waals surface area contributed by atoms with E-state index >= 15 is 0 Å². The number of aromatic nitrogens is 1. The Labute approximate surface area is 108 Å². The maximum atomic E-state index is 9.04. The third kappa shape index (κ3) is 3.35. The van der Waals surface area contributed by atoms with Gasteiger partial charge >= 0.3 is 0 Å². The van der Waals surface area contributed by atoms with Crippen LogP contribution < -0.4 is 10.1 Å². The van der Waals surface area contributed by atoms with Crippen molar-refractivity contribution in [1.82, 2.24) is 4.98 Å². The Morgan fingerprint density at radius 1 is 1.50 bits per heavy atom. The Hall–Kier alpha value is -1.29. The van der Waals surface area contributed by atoms with Gasteiger partial charge in [0.1, 0.15) is 0 Å². The van der Waals surface area contributed by atoms with E-state index in [2.05, 4.69) is 10.3 Å². The van der Waals surface area contributed by atoms with Crippen LogP contribution in [0, 0.1) is 5.41 Å². The van der Waals surface area contributed by atoms with Crippen molar-refractivity contribution in [3.8, 4) is 5.75 Å². The van der Waals surface area contributed by atoms with Crippen LogP contribution in [-0.4, -0.2) is 29.3 Å². The Kier molecular flexibility index (Phi) is 4.07. The van der Waals surface area contributed by atoms with Crippen LogP contribution in [0.4, 0.5) is 5.82 Å². The number of pyridine rings is 1. The molecule has 0 amide bonds. The minimum atomic E-state index is 0.141. The third-order valence-electron chi connectivity index (χ3n) is 3.36. The highest BCUT2D eigenvalue weighted by molar-refractivity contribution is 5.49. The van der Waals surface area contributed by atoms with Gasteiger partial charge in [0.05, 0.1) is 6.10 Å². The lowest BCUT2D eigenvalue weighted by molar-refractivity contribution is 0.242. The molecule has 0 spiro atoms. The molecule has 4 heteroatoms. The van der Waals surface area contributed by atoms with Gasteiger partial charge in [-0.1, -0.05) is 0 Å². The second-order valence-electron chi connectivity index (χ2n) is 5.34. The van der Waals surface area contributed by atoms with Crippen LogP contribution in [0.5, 0.6) is 5.75 Å². The van der Waals surface area contributed by atoms with E-state index in [0.29, 0.717) is 0 Å². The summed E-state index contributed by atoms with van der Waals surface area (Å²) in [6, 6.07) is 3.81. The van der Waals surface area contributed by atoms with Crippen LogP contribution in [0.1, 0.15) is 33.1 Å². The van der Waals surface area contributed by atoms with E-state index in [1.807, 2.05) is 26.0 Å². The molecule has 1 aliphatic carbocycles. The molecule has 1 saturated carbocycles. The molecule has 1 fully saturated rings. The number of hydrogen-bond donors (Lipinski definition) is 2. The summed E-state index contributed by atoms with van der Waals surface area (Å²) in [5, 5.41) is 12.4. The highest BCUT2D eigenvalue weighted by atomic mass is 16.5. The summed E-state index contributed by atoms with van der Waals surface area (Å²) in [6.07, 6.45) is 5.15. The fraction of sp³-hybridized carbons (Fsp3) is 0.643. The number of ether oxygens (including phenoxy) is 1. The lowest BCUT2D eigenvalue weighted by Gasteiger charge is -2.18. The molecule has 0 unspecified atom stereocenters. The molecule has 0 bridgehead atoms. The number of nitrogens with zero attached hydrogens (tertiary/aromatic N) is 1. The normalized spacial score (nSPS) is 16.7. The fourth-order valence-electron chi connectivity index (χ4n) is 2.07. The van der Waals surface area contributed by atoms with Crippen LogP contribution in [-0.2, 0) is 0 Å². The molecule has 1 aromatic rings. The minimum Gasteiger partial charge on any atom is -0.487 e. The predicted octanol–water partition coefficient (Wildman–Crippen LogP) is 2.44. The van der Waals surface area contributed by atoms with Crippen LogP contribution in [0.2, 0.25) is 0 Å². The second kappa shape index (κ2) is 5.57. The maximum absolute atomic E-state index is 9.04. The molecule has 1 heterocycles. The van der Waals surface area contributed by atoms with Gasteiger partial charge in [0.25, 0.3) is 0 Å². The molecule has 1 aromatic heterocycles. The average Bonchev–Trinajstić information content (AvgIpc) is 3.08. The van der Waals surface area contributed by atoms with Gasteiger partial charge in [0.15, 0.2) is 11.6 Å². The van der Waals surface area contributed by atoms with Crippen molar-refractivity contribution in [2.75, 3.05) is 18.5 Å². The molecular weight excluding hydrogens is 228 g/mol. The summed E-state index contributed by atoms with van der Waals surface area (Å²) in [4.78, 5) is 4.32. The minimum absolute atomic E-state index is 0.141. The Morgan fingerprint density at radius 3 is 2.89 bits per heavy atom. The number of anilines is 1. The Morgan fingerprint density at radius 2 is 2.28 bits per heavy atom. The van der Waals surface area contributed by atoms with Gasteiger partial charge in [-0.05, 0) is 50.7 Å². The van der Waals surface area contributed by atoms with E-state index in [1.54, 1.807) is 6.20 Å². The van der Waals surface area contributed by atoms with Crippen LogP contribution in [0.25, 0.3) is 0 Å². The summed E-state index contributed by atoms with van der Waals surface area (Å²) < 4.78 is 5.72. The largest absolute Gasteiger partial charge is 0.487 e. The van der Waals surface area contributed by atoms with Crippen molar-refractivity contribution in [2.45, 2.75) is 39.2 Å². The quantitative estimate of drug-likeness (QED) is 0.780. The summed E-state index contributed by atoms with van der Waals surface area (Å²) in [6.45, 7) is 5.13. The highest BCUT2D eigenvalue weighted by Gasteiger charge is 2.41. The lowest BCUT2D eigenvalue weighted by Crippen LogP contribution is -2.18. The first-order chi connectivity index (χ1) is 8.65. The third-order valence-corrected chi connectivity index (χ3v) is 3.36. The standard InChI is InChI=1S/C14H22N2O2/c1-11(2)18-12-4-3-8-15-13(12)16-10-14(5-6-14)7-9-17/h3-4,8,11,17H,5-7,9-10H2,1-2H3,(H,15,16). The van der Waals surface area contributed by atoms with Crippen molar-refractivity contribution < 1.29 is 9.84 Å². The number of rotatable bonds is 7. The number of nitrogens with one attached hydrogen (secondary N) is 1. The Bertz CT molecular complexity index is 389. The van der Waals surface area contributed by atoms with Crippen molar-refractivity contribution in [3.05, 3.63) is 18.3 Å². The van der Waals surface area contributed by atoms with E-state index in [0.717, 1.165) is 24.5 Å². The molecule has 0 radical (unpaired) electrons. The molecular formula is C14H22N2O2. The molecule has 0 atom stereocenters. The molecule has 4 nitrogen and oxygen atoms in total. The first-order valence-corrected chi connectivity index (χ1v) is 6.62. The number of hydrogen-bond acceptors (Lipinski definition) is 4. The summed E-state index contributed by atoms with van der Waals surface area (Å²) in [5.41, 5.74) is 0.279. The molecule has 0 saturated heterocycles. The molecule has 2 N–H and O–H groups in total. The Balaban J connectivity index is 1.96. The smallest absolute Gasteiger partial charge is 0.168 e. The van der Waals surface area contributed by atoms with Gasteiger partial charge in [-0.2, -0.15) is 0 Å². The SMILES string of the molecule is CC(C)Oc1cccnc1NCC1(CCO)CC1. The molecule has 0 aliphatic heterocycles. The molecule has 2 rings (SSSR count). The molecule has 18 heavy (non-hydrogen) atoms. The van der Waals surface area contributed by atoms with E-state index in [-0.39, 0.29) is 18.1 Å². The fourth-order valence-corrected chi connectivity index (χ4v) is 2.07. The molecule has 1 aliphatic rings. The summed E-state index contributed by atoms with van der Waals surface area (Å²) in [5.74, 6) is 1.60. The van der Waals surface area contributed by atoms with Crippen molar-refractivity contribution in [1.29, 1.82) is 0 Å². The maximum Gasteiger partial charge on any atom is 0.168 e. The van der Waals surface area contributed by atoms with Crippen LogP contribution in [0.3, 0.4) is 0 Å². The molecule has 100 valence electrons. The van der Waals surface area contributed by atoms with Gasteiger partial charge in [0, 0.05) is 19.3 Å². The summed E-state index contributed by atoms with van der Waals surface area (Å²) in [7, 11) is 0. The highest BCUT2D eigenvalue weighted by Crippen LogP contribution is 2.48. The first-order valence-electron chi connectivity index (χ1n) is 6.62. The van der Waals surface area contributed by atoms with Gasteiger partial charge in [-0.25, -0.2) is 4.98 Å².